The van der Waals surface area contributed by atoms with Gasteiger partial charge in [-0.05, 0) is 39.5 Å². The van der Waals surface area contributed by atoms with Gasteiger partial charge in [-0.1, -0.05) is 0 Å². The number of benzene rings is 1. The van der Waals surface area contributed by atoms with Crippen molar-refractivity contribution in [1.82, 2.24) is 29.7 Å². The lowest BCUT2D eigenvalue weighted by molar-refractivity contribution is 0.00396. The first kappa shape index (κ1) is 22.1. The number of ether oxygens (including phenoxy) is 1. The van der Waals surface area contributed by atoms with E-state index in [4.69, 9.17) is 4.74 Å². The van der Waals surface area contributed by atoms with Gasteiger partial charge in [-0.25, -0.2) is 33.1 Å². The van der Waals surface area contributed by atoms with Crippen molar-refractivity contribution in [2.75, 3.05) is 6.61 Å². The Morgan fingerprint density at radius 2 is 1.69 bits per heavy atom. The summed E-state index contributed by atoms with van der Waals surface area (Å²) in [5.41, 5.74) is 2.20. The van der Waals surface area contributed by atoms with Gasteiger partial charge in [0.2, 0.25) is 0 Å². The highest BCUT2D eigenvalue weighted by atomic mass is 19.1. The second-order valence-corrected chi connectivity index (χ2v) is 9.31. The van der Waals surface area contributed by atoms with Crippen molar-refractivity contribution in [1.29, 1.82) is 0 Å². The molecule has 4 aromatic rings. The van der Waals surface area contributed by atoms with Crippen LogP contribution in [0.15, 0.2) is 24.5 Å². The molecule has 0 bridgehead atoms. The van der Waals surface area contributed by atoms with Gasteiger partial charge in [0.1, 0.15) is 34.5 Å². The molecule has 2 atom stereocenters. The van der Waals surface area contributed by atoms with Gasteiger partial charge >= 0.3 is 0 Å². The van der Waals surface area contributed by atoms with Gasteiger partial charge in [-0.2, -0.15) is 5.10 Å². The molecule has 0 N–H and O–H groups in total. The fourth-order valence-corrected chi connectivity index (χ4v) is 4.58. The van der Waals surface area contributed by atoms with Crippen LogP contribution >= 0.6 is 0 Å². The molecule has 1 aromatic carbocycles. The molecule has 6 rings (SSSR count). The number of hydrogen-bond acceptors (Lipinski definition) is 6. The van der Waals surface area contributed by atoms with Gasteiger partial charge in [0.15, 0.2) is 5.65 Å². The smallest absolute Gasteiger partial charge is 0.182 e. The van der Waals surface area contributed by atoms with Crippen LogP contribution in [0, 0.1) is 31.3 Å². The molecule has 0 unspecified atom stereocenters. The summed E-state index contributed by atoms with van der Waals surface area (Å²) >= 11 is 0. The number of aromatic nitrogens is 6. The van der Waals surface area contributed by atoms with Gasteiger partial charge in [0, 0.05) is 36.4 Å². The molecule has 180 valence electrons. The van der Waals surface area contributed by atoms with E-state index in [1.165, 1.54) is 0 Å². The molecule has 1 aliphatic carbocycles. The first-order chi connectivity index (χ1) is 16.9. The van der Waals surface area contributed by atoms with E-state index >= 15 is 0 Å². The van der Waals surface area contributed by atoms with E-state index in [1.54, 1.807) is 13.8 Å². The van der Waals surface area contributed by atoms with E-state index in [0.29, 0.717) is 54.8 Å². The largest absolute Gasteiger partial charge is 0.373 e. The quantitative estimate of drug-likeness (QED) is 0.395. The number of fused-ring (bicyclic) bond motifs is 1. The molecular weight excluding hydrogens is 457 g/mol. The van der Waals surface area contributed by atoms with E-state index in [2.05, 4.69) is 25.0 Å². The lowest BCUT2D eigenvalue weighted by Gasteiger charge is -2.28. The number of rotatable bonds is 4. The minimum absolute atomic E-state index is 0.0276. The SMILES string of the molecule is Cc1nc2nc([C@@H]3CCO[C@H](c4cnn(C5CC5)c4)C3)nc(-c3c(F)cc(F)cc3F)c2nc1C. The van der Waals surface area contributed by atoms with Gasteiger partial charge < -0.3 is 4.74 Å². The Morgan fingerprint density at radius 1 is 0.943 bits per heavy atom. The predicted octanol–water partition coefficient (Wildman–Crippen LogP) is 5.29. The Labute approximate surface area is 199 Å². The summed E-state index contributed by atoms with van der Waals surface area (Å²) in [7, 11) is 0. The third kappa shape index (κ3) is 4.05. The monoisotopic (exact) mass is 480 g/mol. The van der Waals surface area contributed by atoms with Crippen LogP contribution in [-0.2, 0) is 4.74 Å². The Hall–Kier alpha value is -3.40. The molecule has 2 aliphatic rings. The molecule has 2 fully saturated rings. The predicted molar refractivity (Wildman–Crippen MR) is 121 cm³/mol. The van der Waals surface area contributed by atoms with Gasteiger partial charge in [-0.3, -0.25) is 4.68 Å². The summed E-state index contributed by atoms with van der Waals surface area (Å²) in [6.45, 7) is 4.03. The van der Waals surface area contributed by atoms with E-state index < -0.39 is 23.0 Å². The fourth-order valence-electron chi connectivity index (χ4n) is 4.58. The zero-order chi connectivity index (χ0) is 24.3. The molecule has 7 nitrogen and oxygen atoms in total. The van der Waals surface area contributed by atoms with Crippen molar-refractivity contribution in [2.24, 2.45) is 0 Å². The normalized spacial score (nSPS) is 20.5. The molecule has 35 heavy (non-hydrogen) atoms. The number of nitrogens with zero attached hydrogens (tertiary/aromatic N) is 6. The molecule has 0 radical (unpaired) electrons. The number of aryl methyl sites for hydroxylation is 2. The first-order valence-corrected chi connectivity index (χ1v) is 11.7. The molecule has 0 spiro atoms. The average molecular weight is 480 g/mol. The standard InChI is InChI=1S/C25H23F3N6O/c1-12-13(2)31-25-23(30-12)22(21-18(27)8-16(26)9-19(21)28)32-24(33-25)14-5-6-35-20(7-14)15-10-29-34(11-15)17-3-4-17/h8-11,14,17,20H,3-7H2,1-2H3/t14-,20+/m1/s1. The highest BCUT2D eigenvalue weighted by Crippen LogP contribution is 2.40. The maximum absolute atomic E-state index is 14.8. The molecule has 0 amide bonds. The minimum atomic E-state index is -1.05. The fraction of sp³-hybridized carbons (Fsp3) is 0.400. The van der Waals surface area contributed by atoms with Crippen LogP contribution in [0.4, 0.5) is 13.2 Å². The summed E-state index contributed by atoms with van der Waals surface area (Å²) < 4.78 is 51.3. The van der Waals surface area contributed by atoms with Crippen LogP contribution in [-0.4, -0.2) is 36.3 Å². The highest BCUT2D eigenvalue weighted by molar-refractivity contribution is 5.87. The van der Waals surface area contributed by atoms with E-state index in [1.807, 2.05) is 17.1 Å². The van der Waals surface area contributed by atoms with Crippen molar-refractivity contribution in [3.05, 3.63) is 64.8 Å². The van der Waals surface area contributed by atoms with Crippen LogP contribution in [0.5, 0.6) is 0 Å². The summed E-state index contributed by atoms with van der Waals surface area (Å²) in [5, 5.41) is 4.46. The topological polar surface area (TPSA) is 78.6 Å². The van der Waals surface area contributed by atoms with E-state index in [9.17, 15) is 13.2 Å². The second-order valence-electron chi connectivity index (χ2n) is 9.31. The summed E-state index contributed by atoms with van der Waals surface area (Å²) in [6, 6.07) is 1.76. The summed E-state index contributed by atoms with van der Waals surface area (Å²) in [5.74, 6) is -2.82. The van der Waals surface area contributed by atoms with Crippen LogP contribution in [0.25, 0.3) is 22.4 Å². The molecule has 4 heterocycles. The van der Waals surface area contributed by atoms with Crippen molar-refractivity contribution in [3.8, 4) is 11.3 Å². The molecular formula is C25H23F3N6O. The zero-order valence-electron chi connectivity index (χ0n) is 19.3. The molecule has 3 aromatic heterocycles. The molecule has 1 aliphatic heterocycles. The van der Waals surface area contributed by atoms with Crippen molar-refractivity contribution < 1.29 is 17.9 Å². The Balaban J connectivity index is 1.44. The maximum Gasteiger partial charge on any atom is 0.182 e. The molecule has 1 saturated carbocycles. The maximum atomic E-state index is 14.8. The van der Waals surface area contributed by atoms with Crippen LogP contribution in [0.1, 0.15) is 66.5 Å². The average Bonchev–Trinajstić information content (AvgIpc) is 3.55. The minimum Gasteiger partial charge on any atom is -0.373 e. The van der Waals surface area contributed by atoms with Crippen LogP contribution in [0.2, 0.25) is 0 Å². The van der Waals surface area contributed by atoms with E-state index in [-0.39, 0.29) is 28.9 Å². The van der Waals surface area contributed by atoms with Gasteiger partial charge in [0.25, 0.3) is 0 Å². The Bertz CT molecular complexity index is 1430. The Kier molecular flexibility index (Phi) is 5.28. The lowest BCUT2D eigenvalue weighted by atomic mass is 9.92. The number of halogens is 3. The lowest BCUT2D eigenvalue weighted by Crippen LogP contribution is -2.20. The zero-order valence-corrected chi connectivity index (χ0v) is 19.3. The van der Waals surface area contributed by atoms with Crippen molar-refractivity contribution in [2.45, 2.75) is 57.6 Å². The third-order valence-corrected chi connectivity index (χ3v) is 6.77. The van der Waals surface area contributed by atoms with Crippen LogP contribution in [0.3, 0.4) is 0 Å². The van der Waals surface area contributed by atoms with Crippen LogP contribution < -0.4 is 0 Å². The first-order valence-electron chi connectivity index (χ1n) is 11.7. The van der Waals surface area contributed by atoms with Crippen molar-refractivity contribution in [3.63, 3.8) is 0 Å². The van der Waals surface area contributed by atoms with Gasteiger partial charge in [0.05, 0.1) is 35.3 Å². The second kappa shape index (κ2) is 8.37. The highest BCUT2D eigenvalue weighted by Gasteiger charge is 2.31. The van der Waals surface area contributed by atoms with Crippen molar-refractivity contribution >= 4 is 11.2 Å². The number of hydrogen-bond donors (Lipinski definition) is 0. The molecule has 1 saturated heterocycles. The molecule has 10 heteroatoms. The van der Waals surface area contributed by atoms with Gasteiger partial charge in [-0.15, -0.1) is 0 Å². The summed E-state index contributed by atoms with van der Waals surface area (Å²) in [4.78, 5) is 18.3. The Morgan fingerprint density at radius 3 is 2.43 bits per heavy atom. The summed E-state index contributed by atoms with van der Waals surface area (Å²) in [6.07, 6.45) is 7.18. The third-order valence-electron chi connectivity index (χ3n) is 6.77. The van der Waals surface area contributed by atoms with E-state index in [0.717, 1.165) is 18.4 Å².